The topological polar surface area (TPSA) is 69.5 Å². The lowest BCUT2D eigenvalue weighted by molar-refractivity contribution is -0.129. The maximum absolute atomic E-state index is 12.8. The summed E-state index contributed by atoms with van der Waals surface area (Å²) in [7, 11) is 3.26. The Hall–Kier alpha value is -2.48. The van der Waals surface area contributed by atoms with Crippen LogP contribution in [0.2, 0.25) is 0 Å². The highest BCUT2D eigenvalue weighted by atomic mass is 32.2. The van der Waals surface area contributed by atoms with Gasteiger partial charge in [0.25, 0.3) is 0 Å². The Balaban J connectivity index is 1.67. The number of hydrogen-bond donors (Lipinski definition) is 0. The fourth-order valence-electron chi connectivity index (χ4n) is 3.31. The normalized spacial score (nSPS) is 13.2. The molecule has 0 bridgehead atoms. The number of nitrogens with zero attached hydrogens (tertiary/aromatic N) is 4. The molecule has 0 saturated carbocycles. The summed E-state index contributed by atoms with van der Waals surface area (Å²) < 4.78 is 12.8. The number of aromatic nitrogens is 3. The first-order chi connectivity index (χ1) is 13.6. The van der Waals surface area contributed by atoms with E-state index in [0.29, 0.717) is 31.1 Å². The van der Waals surface area contributed by atoms with Crippen molar-refractivity contribution in [2.24, 2.45) is 0 Å². The highest BCUT2D eigenvalue weighted by Crippen LogP contribution is 2.33. The van der Waals surface area contributed by atoms with Crippen molar-refractivity contribution in [2.75, 3.05) is 26.5 Å². The van der Waals surface area contributed by atoms with E-state index >= 15 is 0 Å². The lowest BCUT2D eigenvalue weighted by Gasteiger charge is -2.29. The molecule has 7 nitrogen and oxygen atoms in total. The van der Waals surface area contributed by atoms with Gasteiger partial charge in [0.05, 0.1) is 20.0 Å². The third-order valence-corrected chi connectivity index (χ3v) is 5.77. The van der Waals surface area contributed by atoms with Gasteiger partial charge in [0.15, 0.2) is 16.7 Å². The van der Waals surface area contributed by atoms with Crippen LogP contribution < -0.4 is 9.47 Å². The molecule has 2 aromatic rings. The van der Waals surface area contributed by atoms with Crippen molar-refractivity contribution < 1.29 is 14.3 Å². The summed E-state index contributed by atoms with van der Waals surface area (Å²) in [4.78, 5) is 14.7. The number of benzene rings is 1. The second-order valence-electron chi connectivity index (χ2n) is 6.48. The predicted octanol–water partition coefficient (Wildman–Crippen LogP) is 2.72. The van der Waals surface area contributed by atoms with E-state index in [0.717, 1.165) is 35.1 Å². The van der Waals surface area contributed by atoms with Gasteiger partial charge in [-0.15, -0.1) is 16.8 Å². The Morgan fingerprint density at radius 2 is 1.96 bits per heavy atom. The summed E-state index contributed by atoms with van der Waals surface area (Å²) >= 11 is 1.43. The largest absolute Gasteiger partial charge is 0.493 e. The molecule has 2 heterocycles. The van der Waals surface area contributed by atoms with Crippen LogP contribution in [0.4, 0.5) is 0 Å². The summed E-state index contributed by atoms with van der Waals surface area (Å²) in [6.45, 7) is 7.75. The third kappa shape index (κ3) is 4.16. The fourth-order valence-corrected chi connectivity index (χ4v) is 4.18. The zero-order chi connectivity index (χ0) is 20.1. The second kappa shape index (κ2) is 9.14. The molecule has 0 spiro atoms. The average Bonchev–Trinajstić information content (AvgIpc) is 3.12. The number of methoxy groups -OCH3 is 2. The maximum atomic E-state index is 12.8. The lowest BCUT2D eigenvalue weighted by atomic mass is 9.99. The zero-order valence-corrected chi connectivity index (χ0v) is 17.4. The monoisotopic (exact) mass is 402 g/mol. The van der Waals surface area contributed by atoms with E-state index in [-0.39, 0.29) is 5.91 Å². The first-order valence-corrected chi connectivity index (χ1v) is 10.3. The quantitative estimate of drug-likeness (QED) is 0.500. The number of amides is 1. The number of thioether (sulfide) groups is 1. The molecule has 0 atom stereocenters. The van der Waals surface area contributed by atoms with E-state index in [1.165, 1.54) is 17.3 Å². The molecule has 8 heteroatoms. The van der Waals surface area contributed by atoms with Crippen molar-refractivity contribution in [3.63, 3.8) is 0 Å². The standard InChI is InChI=1S/C20H26N4O3S/c1-5-8-24-18(6-2)21-22-20(24)28-13-19(25)23-9-7-14-10-16(26-3)17(27-4)11-15(14)12-23/h5,10-11H,1,6-9,12-13H2,2-4H3. The van der Waals surface area contributed by atoms with Crippen LogP contribution in [0.5, 0.6) is 11.5 Å². The highest BCUT2D eigenvalue weighted by Gasteiger charge is 2.23. The minimum atomic E-state index is 0.0941. The SMILES string of the molecule is C=CCn1c(CC)nnc1SCC(=O)N1CCc2cc(OC)c(OC)cc2C1. The number of rotatable bonds is 8. The van der Waals surface area contributed by atoms with Crippen molar-refractivity contribution in [1.82, 2.24) is 19.7 Å². The molecule has 1 aliphatic heterocycles. The Kier molecular flexibility index (Phi) is 6.61. The predicted molar refractivity (Wildman–Crippen MR) is 109 cm³/mol. The summed E-state index contributed by atoms with van der Waals surface area (Å²) in [5.41, 5.74) is 2.30. The maximum Gasteiger partial charge on any atom is 0.233 e. The van der Waals surface area contributed by atoms with Crippen LogP contribution in [0.1, 0.15) is 23.9 Å². The van der Waals surface area contributed by atoms with E-state index in [1.54, 1.807) is 14.2 Å². The molecule has 0 fully saturated rings. The van der Waals surface area contributed by atoms with E-state index < -0.39 is 0 Å². The van der Waals surface area contributed by atoms with Crippen molar-refractivity contribution in [1.29, 1.82) is 0 Å². The molecule has 0 unspecified atom stereocenters. The van der Waals surface area contributed by atoms with Crippen molar-refractivity contribution in [2.45, 2.75) is 38.0 Å². The van der Waals surface area contributed by atoms with Gasteiger partial charge in [0.2, 0.25) is 5.91 Å². The smallest absolute Gasteiger partial charge is 0.233 e. The first kappa shape index (κ1) is 20.3. The Morgan fingerprint density at radius 1 is 1.25 bits per heavy atom. The van der Waals surface area contributed by atoms with Crippen LogP contribution in [0.3, 0.4) is 0 Å². The molecular weight excluding hydrogens is 376 g/mol. The minimum absolute atomic E-state index is 0.0941. The summed E-state index contributed by atoms with van der Waals surface area (Å²) in [5.74, 6) is 2.75. The van der Waals surface area contributed by atoms with E-state index in [2.05, 4.69) is 16.8 Å². The van der Waals surface area contributed by atoms with E-state index in [4.69, 9.17) is 9.47 Å². The number of ether oxygens (including phenoxy) is 2. The van der Waals surface area contributed by atoms with Crippen molar-refractivity contribution in [3.05, 3.63) is 41.7 Å². The number of carbonyl (C=O) groups excluding carboxylic acids is 1. The highest BCUT2D eigenvalue weighted by molar-refractivity contribution is 7.99. The Labute approximate surface area is 169 Å². The van der Waals surface area contributed by atoms with Gasteiger partial charge in [-0.3, -0.25) is 4.79 Å². The molecule has 3 rings (SSSR count). The van der Waals surface area contributed by atoms with Gasteiger partial charge in [-0.1, -0.05) is 24.8 Å². The van der Waals surface area contributed by atoms with Gasteiger partial charge < -0.3 is 18.9 Å². The molecule has 0 aliphatic carbocycles. The second-order valence-corrected chi connectivity index (χ2v) is 7.42. The van der Waals surface area contributed by atoms with E-state index in [1.807, 2.05) is 34.6 Å². The van der Waals surface area contributed by atoms with Crippen LogP contribution in [-0.4, -0.2) is 52.1 Å². The summed E-state index contributed by atoms with van der Waals surface area (Å²) in [6, 6.07) is 3.98. The van der Waals surface area contributed by atoms with Gasteiger partial charge in [-0.2, -0.15) is 0 Å². The lowest BCUT2D eigenvalue weighted by Crippen LogP contribution is -2.37. The van der Waals surface area contributed by atoms with Crippen LogP contribution in [0, 0.1) is 0 Å². The molecule has 1 amide bonds. The molecule has 1 aliphatic rings. The molecule has 0 N–H and O–H groups in total. The Morgan fingerprint density at radius 3 is 2.61 bits per heavy atom. The molecule has 1 aromatic carbocycles. The van der Waals surface area contributed by atoms with Gasteiger partial charge in [0.1, 0.15) is 5.82 Å². The van der Waals surface area contributed by atoms with Gasteiger partial charge in [0, 0.05) is 26.1 Å². The molecule has 28 heavy (non-hydrogen) atoms. The molecule has 150 valence electrons. The summed E-state index contributed by atoms with van der Waals surface area (Å²) in [6.07, 6.45) is 3.42. The molecular formula is C20H26N4O3S. The van der Waals surface area contributed by atoms with E-state index in [9.17, 15) is 4.79 Å². The number of allylic oxidation sites excluding steroid dienone is 1. The third-order valence-electron chi connectivity index (χ3n) is 4.82. The summed E-state index contributed by atoms with van der Waals surface area (Å²) in [5, 5.41) is 9.19. The zero-order valence-electron chi connectivity index (χ0n) is 16.6. The number of carbonyl (C=O) groups is 1. The molecule has 1 aromatic heterocycles. The van der Waals surface area contributed by atoms with Crippen molar-refractivity contribution in [3.8, 4) is 11.5 Å². The fraction of sp³-hybridized carbons (Fsp3) is 0.450. The van der Waals surface area contributed by atoms with Crippen LogP contribution >= 0.6 is 11.8 Å². The van der Waals surface area contributed by atoms with Crippen LogP contribution in [0.25, 0.3) is 0 Å². The molecule has 0 saturated heterocycles. The van der Waals surface area contributed by atoms with Gasteiger partial charge >= 0.3 is 0 Å². The Bertz CT molecular complexity index is 865. The number of hydrogen-bond acceptors (Lipinski definition) is 6. The van der Waals surface area contributed by atoms with Crippen LogP contribution in [-0.2, 0) is 30.7 Å². The number of fused-ring (bicyclic) bond motifs is 1. The minimum Gasteiger partial charge on any atom is -0.493 e. The first-order valence-electron chi connectivity index (χ1n) is 9.28. The number of aryl methyl sites for hydroxylation is 1. The van der Waals surface area contributed by atoms with Crippen molar-refractivity contribution >= 4 is 17.7 Å². The van der Waals surface area contributed by atoms with Gasteiger partial charge in [-0.25, -0.2) is 0 Å². The van der Waals surface area contributed by atoms with Crippen LogP contribution in [0.15, 0.2) is 29.9 Å². The average molecular weight is 403 g/mol. The van der Waals surface area contributed by atoms with Gasteiger partial charge in [-0.05, 0) is 29.7 Å². The molecule has 0 radical (unpaired) electrons.